The highest BCUT2D eigenvalue weighted by atomic mass is 32.2. The van der Waals surface area contributed by atoms with Crippen molar-refractivity contribution in [3.8, 4) is 0 Å². The molecular formula is C13H16F3N3OS. The molecule has 1 unspecified atom stereocenters. The van der Waals surface area contributed by atoms with Crippen LogP contribution in [0.25, 0.3) is 0 Å². The van der Waals surface area contributed by atoms with E-state index in [-0.39, 0.29) is 27.8 Å². The number of hydrogen-bond donors (Lipinski definition) is 1. The summed E-state index contributed by atoms with van der Waals surface area (Å²) in [7, 11) is 0. The number of rotatable bonds is 3. The van der Waals surface area contributed by atoms with Gasteiger partial charge in [0.25, 0.3) is 5.91 Å². The van der Waals surface area contributed by atoms with Crippen molar-refractivity contribution in [1.82, 2.24) is 9.88 Å². The van der Waals surface area contributed by atoms with Crippen LogP contribution < -0.4 is 5.73 Å². The van der Waals surface area contributed by atoms with E-state index >= 15 is 0 Å². The fourth-order valence-corrected chi connectivity index (χ4v) is 2.88. The number of thioether (sulfide) groups is 1. The van der Waals surface area contributed by atoms with Crippen molar-refractivity contribution >= 4 is 17.7 Å². The molecule has 8 heteroatoms. The molecule has 2 heterocycles. The van der Waals surface area contributed by atoms with E-state index in [4.69, 9.17) is 5.73 Å². The van der Waals surface area contributed by atoms with Gasteiger partial charge < -0.3 is 10.6 Å². The van der Waals surface area contributed by atoms with Gasteiger partial charge in [-0.3, -0.25) is 4.79 Å². The highest BCUT2D eigenvalue weighted by Gasteiger charge is 2.37. The molecule has 1 atom stereocenters. The van der Waals surface area contributed by atoms with Crippen LogP contribution in [0.5, 0.6) is 0 Å². The number of nitrogens with zero attached hydrogens (tertiary/aromatic N) is 2. The first-order valence-corrected chi connectivity index (χ1v) is 7.26. The van der Waals surface area contributed by atoms with Crippen molar-refractivity contribution in [1.29, 1.82) is 0 Å². The zero-order chi connectivity index (χ0) is 15.7. The van der Waals surface area contributed by atoms with Crippen LogP contribution >= 0.6 is 11.8 Å². The maximum atomic E-state index is 12.5. The summed E-state index contributed by atoms with van der Waals surface area (Å²) in [6.07, 6.45) is 2.00. The van der Waals surface area contributed by atoms with Gasteiger partial charge in [0, 0.05) is 31.0 Å². The Morgan fingerprint density at radius 1 is 1.57 bits per heavy atom. The van der Waals surface area contributed by atoms with Crippen LogP contribution in [0.4, 0.5) is 13.2 Å². The minimum Gasteiger partial charge on any atom is -0.338 e. The summed E-state index contributed by atoms with van der Waals surface area (Å²) in [6, 6.07) is 2.84. The average Bonchev–Trinajstić information content (AvgIpc) is 2.80. The Bertz CT molecular complexity index is 538. The Morgan fingerprint density at radius 2 is 2.29 bits per heavy atom. The lowest BCUT2D eigenvalue weighted by Gasteiger charge is -2.23. The summed E-state index contributed by atoms with van der Waals surface area (Å²) in [5.74, 6) is -0.424. The summed E-state index contributed by atoms with van der Waals surface area (Å²) >= 11 is -0.363. The summed E-state index contributed by atoms with van der Waals surface area (Å²) in [5.41, 5.74) is 1.02. The van der Waals surface area contributed by atoms with Crippen molar-refractivity contribution in [2.45, 2.75) is 23.9 Å². The van der Waals surface area contributed by atoms with Crippen LogP contribution in [0, 0.1) is 5.41 Å². The Labute approximate surface area is 124 Å². The molecule has 1 aliphatic heterocycles. The number of aromatic nitrogens is 1. The van der Waals surface area contributed by atoms with Gasteiger partial charge in [0.15, 0.2) is 0 Å². The summed E-state index contributed by atoms with van der Waals surface area (Å²) < 4.78 is 37.6. The lowest BCUT2D eigenvalue weighted by molar-refractivity contribution is -0.0329. The van der Waals surface area contributed by atoms with Gasteiger partial charge in [-0.05, 0) is 30.5 Å². The van der Waals surface area contributed by atoms with E-state index in [9.17, 15) is 18.0 Å². The minimum atomic E-state index is -4.47. The zero-order valence-electron chi connectivity index (χ0n) is 11.5. The maximum Gasteiger partial charge on any atom is 0.447 e. The van der Waals surface area contributed by atoms with E-state index < -0.39 is 11.4 Å². The Morgan fingerprint density at radius 3 is 2.86 bits per heavy atom. The van der Waals surface area contributed by atoms with Gasteiger partial charge in [0.1, 0.15) is 5.03 Å². The molecule has 4 nitrogen and oxygen atoms in total. The summed E-state index contributed by atoms with van der Waals surface area (Å²) in [5, 5.41) is -0.309. The first-order valence-electron chi connectivity index (χ1n) is 6.44. The normalized spacial score (nSPS) is 22.6. The van der Waals surface area contributed by atoms with Crippen LogP contribution in [0.1, 0.15) is 23.7 Å². The van der Waals surface area contributed by atoms with Gasteiger partial charge in [0.2, 0.25) is 0 Å². The highest BCUT2D eigenvalue weighted by Crippen LogP contribution is 2.38. The molecule has 0 aliphatic carbocycles. The second-order valence-corrected chi connectivity index (χ2v) is 6.45. The molecule has 0 aromatic carbocycles. The molecule has 1 amide bonds. The number of amides is 1. The average molecular weight is 319 g/mol. The molecule has 0 radical (unpaired) electrons. The lowest BCUT2D eigenvalue weighted by atomic mass is 9.90. The van der Waals surface area contributed by atoms with Gasteiger partial charge in [0.05, 0.1) is 5.56 Å². The van der Waals surface area contributed by atoms with Crippen LogP contribution in [-0.4, -0.2) is 40.9 Å². The van der Waals surface area contributed by atoms with Gasteiger partial charge in [-0.2, -0.15) is 13.2 Å². The molecule has 1 fully saturated rings. The minimum absolute atomic E-state index is 0.0129. The van der Waals surface area contributed by atoms with Crippen molar-refractivity contribution in [2.75, 3.05) is 19.6 Å². The third kappa shape index (κ3) is 3.88. The van der Waals surface area contributed by atoms with Gasteiger partial charge in [-0.1, -0.05) is 6.92 Å². The SMILES string of the molecule is CC1(CN)CCN(C(=O)c2cccnc2SC(F)(F)F)C1. The fraction of sp³-hybridized carbons (Fsp3) is 0.538. The van der Waals surface area contributed by atoms with E-state index in [2.05, 4.69) is 4.98 Å². The molecule has 2 N–H and O–H groups in total. The first-order chi connectivity index (χ1) is 9.74. The predicted molar refractivity (Wildman–Crippen MR) is 73.8 cm³/mol. The number of pyridine rings is 1. The molecule has 0 spiro atoms. The molecule has 1 saturated heterocycles. The van der Waals surface area contributed by atoms with E-state index in [0.29, 0.717) is 19.6 Å². The molecule has 1 aromatic rings. The number of carbonyl (C=O) groups excluding carboxylic acids is 1. The number of carbonyl (C=O) groups is 1. The van der Waals surface area contributed by atoms with Crippen LogP contribution in [0.3, 0.4) is 0 Å². The molecule has 0 bridgehead atoms. The number of nitrogens with two attached hydrogens (primary N) is 1. The van der Waals surface area contributed by atoms with E-state index in [1.54, 1.807) is 4.90 Å². The lowest BCUT2D eigenvalue weighted by Crippen LogP contribution is -2.34. The summed E-state index contributed by atoms with van der Waals surface area (Å²) in [6.45, 7) is 3.35. The molecule has 2 rings (SSSR count). The smallest absolute Gasteiger partial charge is 0.338 e. The largest absolute Gasteiger partial charge is 0.447 e. The Balaban J connectivity index is 2.21. The molecule has 116 valence electrons. The van der Waals surface area contributed by atoms with Gasteiger partial charge >= 0.3 is 5.51 Å². The van der Waals surface area contributed by atoms with Crippen LogP contribution in [0.15, 0.2) is 23.4 Å². The number of alkyl halides is 3. The fourth-order valence-electron chi connectivity index (χ4n) is 2.28. The van der Waals surface area contributed by atoms with Gasteiger partial charge in [-0.15, -0.1) is 0 Å². The summed E-state index contributed by atoms with van der Waals surface area (Å²) in [4.78, 5) is 17.7. The van der Waals surface area contributed by atoms with Crippen LogP contribution in [-0.2, 0) is 0 Å². The second kappa shape index (κ2) is 5.84. The topological polar surface area (TPSA) is 59.2 Å². The molecular weight excluding hydrogens is 303 g/mol. The third-order valence-electron chi connectivity index (χ3n) is 3.55. The second-order valence-electron chi connectivity index (χ2n) is 5.40. The molecule has 0 saturated carbocycles. The van der Waals surface area contributed by atoms with Crippen molar-refractivity contribution < 1.29 is 18.0 Å². The Kier molecular flexibility index (Phi) is 4.48. The quantitative estimate of drug-likeness (QED) is 0.870. The maximum absolute atomic E-state index is 12.5. The number of hydrogen-bond acceptors (Lipinski definition) is 4. The monoisotopic (exact) mass is 319 g/mol. The Hall–Kier alpha value is -1.28. The van der Waals surface area contributed by atoms with Crippen molar-refractivity contribution in [3.63, 3.8) is 0 Å². The zero-order valence-corrected chi connectivity index (χ0v) is 12.3. The van der Waals surface area contributed by atoms with Crippen molar-refractivity contribution in [3.05, 3.63) is 23.9 Å². The third-order valence-corrected chi connectivity index (χ3v) is 4.30. The molecule has 21 heavy (non-hydrogen) atoms. The van der Waals surface area contributed by atoms with Crippen molar-refractivity contribution in [2.24, 2.45) is 11.1 Å². The predicted octanol–water partition coefficient (Wildman–Crippen LogP) is 2.50. The van der Waals surface area contributed by atoms with E-state index in [1.165, 1.54) is 18.3 Å². The standard InChI is InChI=1S/C13H16F3N3OS/c1-12(7-17)4-6-19(8-12)11(20)9-3-2-5-18-10(9)21-13(14,15)16/h2-3,5H,4,6-8,17H2,1H3. The van der Waals surface area contributed by atoms with Gasteiger partial charge in [-0.25, -0.2) is 4.98 Å². The molecule has 1 aromatic heterocycles. The van der Waals surface area contributed by atoms with E-state index in [0.717, 1.165) is 6.42 Å². The molecule has 1 aliphatic rings. The highest BCUT2D eigenvalue weighted by molar-refractivity contribution is 8.00. The number of likely N-dealkylation sites (tertiary alicyclic amines) is 1. The first kappa shape index (κ1) is 16.1. The van der Waals surface area contributed by atoms with Crippen LogP contribution in [0.2, 0.25) is 0 Å². The number of halogens is 3. The van der Waals surface area contributed by atoms with E-state index in [1.807, 2.05) is 6.92 Å².